The van der Waals surface area contributed by atoms with Crippen molar-refractivity contribution in [3.8, 4) is 12.3 Å². The molecule has 0 aliphatic heterocycles. The standard InChI is InChI=1S/C15H24O/c1-3-5-6-8-15(16)14-11-9-13(7-4-2)10-12-14/h1,13-14H,4-12H2,2H3. The lowest BCUT2D eigenvalue weighted by atomic mass is 9.77. The highest BCUT2D eigenvalue weighted by Crippen LogP contribution is 2.32. The van der Waals surface area contributed by atoms with Crippen molar-refractivity contribution in [1.82, 2.24) is 0 Å². The van der Waals surface area contributed by atoms with Crippen LogP contribution in [-0.2, 0) is 4.79 Å². The first-order valence-corrected chi connectivity index (χ1v) is 6.74. The predicted molar refractivity (Wildman–Crippen MR) is 68.0 cm³/mol. The molecular formula is C15H24O. The number of unbranched alkanes of at least 4 members (excludes halogenated alkanes) is 1. The lowest BCUT2D eigenvalue weighted by Crippen LogP contribution is -2.21. The van der Waals surface area contributed by atoms with E-state index >= 15 is 0 Å². The van der Waals surface area contributed by atoms with E-state index in [1.165, 1.54) is 25.7 Å². The Labute approximate surface area is 100 Å². The molecule has 1 aliphatic carbocycles. The molecule has 1 saturated carbocycles. The van der Waals surface area contributed by atoms with Crippen molar-refractivity contribution in [3.05, 3.63) is 0 Å². The third-order valence-corrected chi connectivity index (χ3v) is 3.74. The van der Waals surface area contributed by atoms with Gasteiger partial charge in [0, 0.05) is 18.8 Å². The van der Waals surface area contributed by atoms with Crippen LogP contribution < -0.4 is 0 Å². The predicted octanol–water partition coefficient (Wildman–Crippen LogP) is 3.97. The van der Waals surface area contributed by atoms with Gasteiger partial charge in [0.1, 0.15) is 5.78 Å². The normalized spacial score (nSPS) is 25.0. The zero-order valence-electron chi connectivity index (χ0n) is 10.5. The van der Waals surface area contributed by atoms with E-state index in [-0.39, 0.29) is 0 Å². The minimum absolute atomic E-state index is 0.353. The lowest BCUT2D eigenvalue weighted by Gasteiger charge is -2.27. The van der Waals surface area contributed by atoms with Crippen molar-refractivity contribution in [2.45, 2.75) is 64.7 Å². The summed E-state index contributed by atoms with van der Waals surface area (Å²) < 4.78 is 0. The Hall–Kier alpha value is -0.770. The average molecular weight is 220 g/mol. The van der Waals surface area contributed by atoms with Crippen LogP contribution in [0.25, 0.3) is 0 Å². The third-order valence-electron chi connectivity index (χ3n) is 3.74. The van der Waals surface area contributed by atoms with E-state index in [9.17, 15) is 4.79 Å². The number of hydrogen-bond acceptors (Lipinski definition) is 1. The second-order valence-corrected chi connectivity index (χ2v) is 5.03. The highest BCUT2D eigenvalue weighted by molar-refractivity contribution is 5.81. The molecule has 1 heteroatoms. The number of carbonyl (C=O) groups excluding carboxylic acids is 1. The minimum Gasteiger partial charge on any atom is -0.299 e. The van der Waals surface area contributed by atoms with Crippen LogP contribution >= 0.6 is 0 Å². The van der Waals surface area contributed by atoms with Gasteiger partial charge in [0.2, 0.25) is 0 Å². The Morgan fingerprint density at radius 1 is 1.31 bits per heavy atom. The summed E-state index contributed by atoms with van der Waals surface area (Å²) in [5.41, 5.74) is 0. The molecule has 0 unspecified atom stereocenters. The van der Waals surface area contributed by atoms with Crippen LogP contribution in [0.2, 0.25) is 0 Å². The molecule has 1 nitrogen and oxygen atoms in total. The van der Waals surface area contributed by atoms with Crippen molar-refractivity contribution < 1.29 is 4.79 Å². The maximum absolute atomic E-state index is 11.9. The Morgan fingerprint density at radius 3 is 2.56 bits per heavy atom. The van der Waals surface area contributed by atoms with Crippen molar-refractivity contribution in [2.24, 2.45) is 11.8 Å². The molecule has 0 N–H and O–H groups in total. The third kappa shape index (κ3) is 4.39. The first-order valence-electron chi connectivity index (χ1n) is 6.74. The number of hydrogen-bond donors (Lipinski definition) is 0. The van der Waals surface area contributed by atoms with Gasteiger partial charge in [-0.3, -0.25) is 4.79 Å². The number of Topliss-reactive ketones (excluding diaryl/α,β-unsaturated/α-hetero) is 1. The quantitative estimate of drug-likeness (QED) is 0.489. The van der Waals surface area contributed by atoms with Crippen LogP contribution in [-0.4, -0.2) is 5.78 Å². The monoisotopic (exact) mass is 220 g/mol. The van der Waals surface area contributed by atoms with Gasteiger partial charge in [-0.05, 0) is 38.0 Å². The minimum atomic E-state index is 0.353. The molecule has 1 fully saturated rings. The van der Waals surface area contributed by atoms with E-state index in [2.05, 4.69) is 12.8 Å². The van der Waals surface area contributed by atoms with Gasteiger partial charge in [-0.15, -0.1) is 12.3 Å². The van der Waals surface area contributed by atoms with E-state index in [0.717, 1.165) is 31.6 Å². The highest BCUT2D eigenvalue weighted by Gasteiger charge is 2.24. The summed E-state index contributed by atoms with van der Waals surface area (Å²) in [7, 11) is 0. The molecule has 0 atom stereocenters. The highest BCUT2D eigenvalue weighted by atomic mass is 16.1. The molecule has 90 valence electrons. The van der Waals surface area contributed by atoms with Gasteiger partial charge in [0.15, 0.2) is 0 Å². The Kier molecular flexibility index (Phi) is 6.23. The van der Waals surface area contributed by atoms with Gasteiger partial charge in [-0.25, -0.2) is 0 Å². The van der Waals surface area contributed by atoms with Gasteiger partial charge in [0.25, 0.3) is 0 Å². The van der Waals surface area contributed by atoms with Crippen LogP contribution in [0.1, 0.15) is 64.7 Å². The smallest absolute Gasteiger partial charge is 0.136 e. The molecule has 0 spiro atoms. The Bertz CT molecular complexity index is 241. The summed E-state index contributed by atoms with van der Waals surface area (Å²) in [6, 6.07) is 0. The molecule has 0 aromatic rings. The Balaban J connectivity index is 2.20. The van der Waals surface area contributed by atoms with Crippen LogP contribution in [0, 0.1) is 24.2 Å². The molecular weight excluding hydrogens is 196 g/mol. The fourth-order valence-corrected chi connectivity index (χ4v) is 2.75. The second kappa shape index (κ2) is 7.49. The van der Waals surface area contributed by atoms with Gasteiger partial charge in [-0.1, -0.05) is 19.8 Å². The van der Waals surface area contributed by atoms with Gasteiger partial charge in [-0.2, -0.15) is 0 Å². The average Bonchev–Trinajstić information content (AvgIpc) is 2.30. The Morgan fingerprint density at radius 2 is 2.00 bits per heavy atom. The van der Waals surface area contributed by atoms with E-state index in [1.807, 2.05) is 0 Å². The molecule has 0 aromatic carbocycles. The molecule has 0 radical (unpaired) electrons. The van der Waals surface area contributed by atoms with Crippen molar-refractivity contribution in [1.29, 1.82) is 0 Å². The largest absolute Gasteiger partial charge is 0.299 e. The zero-order valence-corrected chi connectivity index (χ0v) is 10.5. The number of ketones is 1. The summed E-state index contributed by atoms with van der Waals surface area (Å²) >= 11 is 0. The summed E-state index contributed by atoms with van der Waals surface area (Å²) in [5.74, 6) is 4.30. The topological polar surface area (TPSA) is 17.1 Å². The summed E-state index contributed by atoms with van der Waals surface area (Å²) in [4.78, 5) is 11.9. The second-order valence-electron chi connectivity index (χ2n) is 5.03. The van der Waals surface area contributed by atoms with Gasteiger partial charge >= 0.3 is 0 Å². The van der Waals surface area contributed by atoms with Crippen molar-refractivity contribution >= 4 is 5.78 Å². The van der Waals surface area contributed by atoms with Crippen LogP contribution in [0.4, 0.5) is 0 Å². The van der Waals surface area contributed by atoms with Crippen molar-refractivity contribution in [2.75, 3.05) is 0 Å². The molecule has 0 bridgehead atoms. The van der Waals surface area contributed by atoms with E-state index in [1.54, 1.807) is 0 Å². The summed E-state index contributed by atoms with van der Waals surface area (Å²) in [6.07, 6.45) is 14.9. The maximum atomic E-state index is 11.9. The SMILES string of the molecule is C#CCCCC(=O)C1CCC(CCC)CC1. The fraction of sp³-hybridized carbons (Fsp3) is 0.800. The molecule has 16 heavy (non-hydrogen) atoms. The maximum Gasteiger partial charge on any atom is 0.136 e. The summed E-state index contributed by atoms with van der Waals surface area (Å²) in [6.45, 7) is 2.25. The van der Waals surface area contributed by atoms with Crippen molar-refractivity contribution in [3.63, 3.8) is 0 Å². The van der Waals surface area contributed by atoms with E-state index < -0.39 is 0 Å². The van der Waals surface area contributed by atoms with Gasteiger partial charge < -0.3 is 0 Å². The van der Waals surface area contributed by atoms with E-state index in [0.29, 0.717) is 18.1 Å². The van der Waals surface area contributed by atoms with Crippen LogP contribution in [0.15, 0.2) is 0 Å². The molecule has 1 aliphatic rings. The number of rotatable bonds is 6. The first kappa shape index (κ1) is 13.3. The number of carbonyl (C=O) groups is 1. The van der Waals surface area contributed by atoms with Crippen LogP contribution in [0.5, 0.6) is 0 Å². The molecule has 0 amide bonds. The lowest BCUT2D eigenvalue weighted by molar-refractivity contribution is -0.124. The fourth-order valence-electron chi connectivity index (χ4n) is 2.75. The van der Waals surface area contributed by atoms with Gasteiger partial charge in [0.05, 0.1) is 0 Å². The molecule has 0 aromatic heterocycles. The first-order chi connectivity index (χ1) is 7.77. The molecule has 0 saturated heterocycles. The zero-order chi connectivity index (χ0) is 11.8. The molecule has 0 heterocycles. The summed E-state index contributed by atoms with van der Waals surface area (Å²) in [5, 5.41) is 0. The van der Waals surface area contributed by atoms with Crippen LogP contribution in [0.3, 0.4) is 0 Å². The number of terminal acetylenes is 1. The van der Waals surface area contributed by atoms with E-state index in [4.69, 9.17) is 6.42 Å². The molecule has 1 rings (SSSR count).